The summed E-state index contributed by atoms with van der Waals surface area (Å²) in [5, 5.41) is 3.37. The molecule has 6 heteroatoms. The molecular weight excluding hydrogens is 244 g/mol. The van der Waals surface area contributed by atoms with E-state index < -0.39 is 5.91 Å². The van der Waals surface area contributed by atoms with Crippen LogP contribution in [0.5, 0.6) is 0 Å². The fourth-order valence-electron chi connectivity index (χ4n) is 2.53. The van der Waals surface area contributed by atoms with Gasteiger partial charge in [0.15, 0.2) is 5.76 Å². The van der Waals surface area contributed by atoms with Crippen LogP contribution in [-0.4, -0.2) is 36.5 Å². The van der Waals surface area contributed by atoms with Crippen molar-refractivity contribution in [2.24, 2.45) is 5.84 Å². The molecule has 1 saturated heterocycles. The first kappa shape index (κ1) is 14.0. The zero-order chi connectivity index (χ0) is 13.7. The average molecular weight is 266 g/mol. The molecule has 106 valence electrons. The Morgan fingerprint density at radius 1 is 1.53 bits per heavy atom. The summed E-state index contributed by atoms with van der Waals surface area (Å²) >= 11 is 0. The molecule has 1 aliphatic heterocycles. The van der Waals surface area contributed by atoms with Gasteiger partial charge < -0.3 is 9.73 Å². The summed E-state index contributed by atoms with van der Waals surface area (Å²) in [6, 6.07) is 4.09. The molecule has 0 spiro atoms. The minimum atomic E-state index is -0.392. The Kier molecular flexibility index (Phi) is 4.95. The summed E-state index contributed by atoms with van der Waals surface area (Å²) in [7, 11) is 0. The van der Waals surface area contributed by atoms with Gasteiger partial charge in [0.25, 0.3) is 0 Å². The highest BCUT2D eigenvalue weighted by Gasteiger charge is 2.21. The van der Waals surface area contributed by atoms with Crippen LogP contribution in [0.15, 0.2) is 16.5 Å². The maximum Gasteiger partial charge on any atom is 0.300 e. The fraction of sp³-hybridized carbons (Fsp3) is 0.615. The molecule has 0 atom stereocenters. The lowest BCUT2D eigenvalue weighted by Crippen LogP contribution is -2.42. The molecule has 1 fully saturated rings. The lowest BCUT2D eigenvalue weighted by Gasteiger charge is -2.33. The monoisotopic (exact) mass is 266 g/mol. The highest BCUT2D eigenvalue weighted by atomic mass is 16.4. The predicted octanol–water partition coefficient (Wildman–Crippen LogP) is 0.457. The van der Waals surface area contributed by atoms with Crippen LogP contribution in [0.2, 0.25) is 0 Å². The number of nitrogen functional groups attached to an aromatic ring is 1. The maximum atomic E-state index is 11.3. The van der Waals surface area contributed by atoms with E-state index in [4.69, 9.17) is 10.3 Å². The van der Waals surface area contributed by atoms with Crippen LogP contribution in [0, 0.1) is 0 Å². The minimum absolute atomic E-state index is 0.263. The number of rotatable bonds is 5. The van der Waals surface area contributed by atoms with Gasteiger partial charge in [-0.2, -0.15) is 0 Å². The highest BCUT2D eigenvalue weighted by Crippen LogP contribution is 2.17. The largest absolute Gasteiger partial charge is 0.455 e. The number of furan rings is 1. The van der Waals surface area contributed by atoms with Gasteiger partial charge in [0.2, 0.25) is 0 Å². The van der Waals surface area contributed by atoms with E-state index in [2.05, 4.69) is 22.6 Å². The van der Waals surface area contributed by atoms with Crippen molar-refractivity contribution in [2.45, 2.75) is 32.4 Å². The van der Waals surface area contributed by atoms with Gasteiger partial charge in [0, 0.05) is 6.04 Å². The highest BCUT2D eigenvalue weighted by molar-refractivity contribution is 5.90. The van der Waals surface area contributed by atoms with Crippen LogP contribution in [0.1, 0.15) is 36.1 Å². The molecule has 0 aromatic carbocycles. The second kappa shape index (κ2) is 6.70. The van der Waals surface area contributed by atoms with Crippen LogP contribution in [0.25, 0.3) is 0 Å². The van der Waals surface area contributed by atoms with Gasteiger partial charge in [-0.25, -0.2) is 5.84 Å². The van der Waals surface area contributed by atoms with E-state index in [1.807, 2.05) is 6.07 Å². The second-order valence-corrected chi connectivity index (χ2v) is 4.78. The van der Waals surface area contributed by atoms with Crippen molar-refractivity contribution in [3.05, 3.63) is 23.7 Å². The third kappa shape index (κ3) is 3.56. The minimum Gasteiger partial charge on any atom is -0.455 e. The summed E-state index contributed by atoms with van der Waals surface area (Å²) in [6.45, 7) is 6.00. The first-order chi connectivity index (χ1) is 9.24. The standard InChI is InChI=1S/C13H22N4O2/c1-2-17(10-5-7-15-8-6-10)9-11-3-4-12(19-11)13(18)16-14/h3-4,10,15H,2,5-9,14H2,1H3,(H,16,18). The molecule has 2 rings (SSSR count). The normalized spacial score (nSPS) is 16.8. The lowest BCUT2D eigenvalue weighted by molar-refractivity contribution is 0.0919. The summed E-state index contributed by atoms with van der Waals surface area (Å²) < 4.78 is 5.51. The van der Waals surface area contributed by atoms with E-state index in [0.29, 0.717) is 6.04 Å². The number of piperidine rings is 1. The molecule has 2 heterocycles. The molecular formula is C13H22N4O2. The quantitative estimate of drug-likeness (QED) is 0.409. The van der Waals surface area contributed by atoms with E-state index in [0.717, 1.165) is 44.8 Å². The van der Waals surface area contributed by atoms with Gasteiger partial charge in [-0.15, -0.1) is 0 Å². The average Bonchev–Trinajstić information content (AvgIpc) is 2.93. The Balaban J connectivity index is 1.97. The molecule has 6 nitrogen and oxygen atoms in total. The SMILES string of the molecule is CCN(Cc1ccc(C(=O)NN)o1)C1CCNCC1. The van der Waals surface area contributed by atoms with E-state index in [-0.39, 0.29) is 5.76 Å². The smallest absolute Gasteiger partial charge is 0.300 e. The van der Waals surface area contributed by atoms with Crippen LogP contribution in [0.4, 0.5) is 0 Å². The number of nitrogens with one attached hydrogen (secondary N) is 2. The summed E-state index contributed by atoms with van der Waals surface area (Å²) in [6.07, 6.45) is 2.31. The molecule has 1 aromatic rings. The van der Waals surface area contributed by atoms with Crippen molar-refractivity contribution in [2.75, 3.05) is 19.6 Å². The number of nitrogens with two attached hydrogens (primary N) is 1. The second-order valence-electron chi connectivity index (χ2n) is 4.78. The van der Waals surface area contributed by atoms with E-state index in [1.54, 1.807) is 6.07 Å². The Morgan fingerprint density at radius 2 is 2.26 bits per heavy atom. The summed E-state index contributed by atoms with van der Waals surface area (Å²) in [4.78, 5) is 13.7. The van der Waals surface area contributed by atoms with E-state index in [9.17, 15) is 4.79 Å². The van der Waals surface area contributed by atoms with Crippen LogP contribution < -0.4 is 16.6 Å². The van der Waals surface area contributed by atoms with Crippen molar-refractivity contribution in [3.8, 4) is 0 Å². The number of carbonyl (C=O) groups is 1. The maximum absolute atomic E-state index is 11.3. The number of hydrazine groups is 1. The third-order valence-electron chi connectivity index (χ3n) is 3.61. The molecule has 0 bridgehead atoms. The topological polar surface area (TPSA) is 83.5 Å². The molecule has 4 N–H and O–H groups in total. The molecule has 19 heavy (non-hydrogen) atoms. The Hall–Kier alpha value is -1.37. The van der Waals surface area contributed by atoms with Crippen molar-refractivity contribution < 1.29 is 9.21 Å². The number of nitrogens with zero attached hydrogens (tertiary/aromatic N) is 1. The third-order valence-corrected chi connectivity index (χ3v) is 3.61. The van der Waals surface area contributed by atoms with Crippen molar-refractivity contribution in [1.29, 1.82) is 0 Å². The fourth-order valence-corrected chi connectivity index (χ4v) is 2.53. The van der Waals surface area contributed by atoms with Crippen molar-refractivity contribution in [1.82, 2.24) is 15.6 Å². The van der Waals surface area contributed by atoms with Crippen molar-refractivity contribution >= 4 is 5.91 Å². The van der Waals surface area contributed by atoms with E-state index in [1.165, 1.54) is 0 Å². The molecule has 0 aliphatic carbocycles. The van der Waals surface area contributed by atoms with Gasteiger partial charge in [-0.05, 0) is 44.6 Å². The first-order valence-corrected chi connectivity index (χ1v) is 6.79. The lowest BCUT2D eigenvalue weighted by atomic mass is 10.0. The number of carbonyl (C=O) groups excluding carboxylic acids is 1. The van der Waals surface area contributed by atoms with Gasteiger partial charge in [0.1, 0.15) is 5.76 Å². The van der Waals surface area contributed by atoms with Gasteiger partial charge in [0.05, 0.1) is 6.54 Å². The first-order valence-electron chi connectivity index (χ1n) is 6.79. The van der Waals surface area contributed by atoms with Gasteiger partial charge in [-0.1, -0.05) is 6.92 Å². The molecule has 0 radical (unpaired) electrons. The number of hydrogen-bond donors (Lipinski definition) is 3. The summed E-state index contributed by atoms with van der Waals surface area (Å²) in [5.74, 6) is 5.76. The van der Waals surface area contributed by atoms with Gasteiger partial charge in [-0.3, -0.25) is 15.1 Å². The van der Waals surface area contributed by atoms with Crippen molar-refractivity contribution in [3.63, 3.8) is 0 Å². The Bertz CT molecular complexity index is 413. The van der Waals surface area contributed by atoms with Crippen LogP contribution in [-0.2, 0) is 6.54 Å². The van der Waals surface area contributed by atoms with E-state index >= 15 is 0 Å². The molecule has 0 saturated carbocycles. The molecule has 1 aliphatic rings. The Labute approximate surface area is 113 Å². The number of amides is 1. The Morgan fingerprint density at radius 3 is 2.89 bits per heavy atom. The molecule has 0 unspecified atom stereocenters. The zero-order valence-electron chi connectivity index (χ0n) is 11.3. The zero-order valence-corrected chi connectivity index (χ0v) is 11.3. The predicted molar refractivity (Wildman–Crippen MR) is 72.3 cm³/mol. The van der Waals surface area contributed by atoms with Crippen LogP contribution in [0.3, 0.4) is 0 Å². The molecule has 1 aromatic heterocycles. The molecule has 1 amide bonds. The summed E-state index contributed by atoms with van der Waals surface area (Å²) in [5.41, 5.74) is 2.07. The van der Waals surface area contributed by atoms with Crippen LogP contribution >= 0.6 is 0 Å². The van der Waals surface area contributed by atoms with Gasteiger partial charge >= 0.3 is 5.91 Å². The number of hydrogen-bond acceptors (Lipinski definition) is 5.